The van der Waals surface area contributed by atoms with Gasteiger partial charge in [0, 0.05) is 6.61 Å². The molecule has 0 bridgehead atoms. The largest absolute Gasteiger partial charge is 0.486 e. The lowest BCUT2D eigenvalue weighted by Gasteiger charge is -2.20. The first kappa shape index (κ1) is 10.3. The number of aliphatic hydroxyl groups excluding tert-OH is 1. The maximum absolute atomic E-state index is 8.97. The average Bonchev–Trinajstić information content (AvgIpc) is 2.28. The van der Waals surface area contributed by atoms with Gasteiger partial charge < -0.3 is 14.6 Å². The van der Waals surface area contributed by atoms with Crippen molar-refractivity contribution in [1.29, 1.82) is 0 Å². The lowest BCUT2D eigenvalue weighted by atomic mass is 10.0. The van der Waals surface area contributed by atoms with Gasteiger partial charge in [0.05, 0.1) is 0 Å². The second-order valence-corrected chi connectivity index (χ2v) is 3.59. The summed E-state index contributed by atoms with van der Waals surface area (Å²) in [6, 6.07) is 4.02. The van der Waals surface area contributed by atoms with Gasteiger partial charge in [-0.15, -0.1) is 0 Å². The van der Waals surface area contributed by atoms with Gasteiger partial charge >= 0.3 is 0 Å². The van der Waals surface area contributed by atoms with Crippen molar-refractivity contribution in [2.75, 3.05) is 19.8 Å². The molecule has 82 valence electrons. The van der Waals surface area contributed by atoms with Crippen LogP contribution in [0, 0.1) is 0 Å². The van der Waals surface area contributed by atoms with Crippen LogP contribution in [0.25, 0.3) is 0 Å². The van der Waals surface area contributed by atoms with Crippen LogP contribution >= 0.6 is 0 Å². The fraction of sp³-hybridized carbons (Fsp3) is 0.500. The van der Waals surface area contributed by atoms with E-state index in [1.165, 1.54) is 5.56 Å². The molecule has 1 N–H and O–H groups in total. The number of rotatable bonds is 3. The summed E-state index contributed by atoms with van der Waals surface area (Å²) in [5.41, 5.74) is 2.39. The molecule has 0 unspecified atom stereocenters. The van der Waals surface area contributed by atoms with Gasteiger partial charge in [-0.05, 0) is 36.1 Å². The summed E-state index contributed by atoms with van der Waals surface area (Å²) in [5.74, 6) is 1.64. The van der Waals surface area contributed by atoms with Gasteiger partial charge in [-0.3, -0.25) is 0 Å². The van der Waals surface area contributed by atoms with E-state index in [0.717, 1.165) is 23.5 Å². The van der Waals surface area contributed by atoms with Crippen LogP contribution in [-0.4, -0.2) is 24.9 Å². The topological polar surface area (TPSA) is 38.7 Å². The molecule has 1 aromatic rings. The van der Waals surface area contributed by atoms with E-state index < -0.39 is 0 Å². The highest BCUT2D eigenvalue weighted by Gasteiger charge is 2.14. The number of ether oxygens (including phenoxy) is 2. The predicted molar refractivity (Wildman–Crippen MR) is 57.6 cm³/mol. The van der Waals surface area contributed by atoms with Crippen LogP contribution in [0.4, 0.5) is 0 Å². The smallest absolute Gasteiger partial charge is 0.161 e. The molecule has 1 heterocycles. The molecule has 15 heavy (non-hydrogen) atoms. The Hall–Kier alpha value is -1.22. The number of benzene rings is 1. The van der Waals surface area contributed by atoms with Gasteiger partial charge in [0.25, 0.3) is 0 Å². The van der Waals surface area contributed by atoms with Crippen LogP contribution in [0.3, 0.4) is 0 Å². The zero-order valence-electron chi connectivity index (χ0n) is 8.95. The standard InChI is InChI=1S/C12H16O3/c1-2-9-7-11-12(15-6-5-14-11)8-10(9)3-4-13/h7-8,13H,2-6H2,1H3. The maximum Gasteiger partial charge on any atom is 0.161 e. The molecule has 0 spiro atoms. The van der Waals surface area contributed by atoms with E-state index in [-0.39, 0.29) is 6.61 Å². The van der Waals surface area contributed by atoms with E-state index in [2.05, 4.69) is 6.92 Å². The minimum Gasteiger partial charge on any atom is -0.486 e. The quantitative estimate of drug-likeness (QED) is 0.819. The van der Waals surface area contributed by atoms with Crippen molar-refractivity contribution in [1.82, 2.24) is 0 Å². The summed E-state index contributed by atoms with van der Waals surface area (Å²) < 4.78 is 11.0. The van der Waals surface area contributed by atoms with Crippen molar-refractivity contribution in [3.8, 4) is 11.5 Å². The van der Waals surface area contributed by atoms with Crippen LogP contribution in [0.2, 0.25) is 0 Å². The van der Waals surface area contributed by atoms with Crippen LogP contribution in [0.15, 0.2) is 12.1 Å². The number of aryl methyl sites for hydroxylation is 1. The average molecular weight is 208 g/mol. The third kappa shape index (κ3) is 2.07. The van der Waals surface area contributed by atoms with Crippen LogP contribution < -0.4 is 9.47 Å². The molecule has 1 aliphatic heterocycles. The molecule has 0 fully saturated rings. The van der Waals surface area contributed by atoms with Crippen LogP contribution in [-0.2, 0) is 12.8 Å². The molecule has 0 saturated heterocycles. The Balaban J connectivity index is 2.37. The van der Waals surface area contributed by atoms with E-state index >= 15 is 0 Å². The summed E-state index contributed by atoms with van der Waals surface area (Å²) in [4.78, 5) is 0. The summed E-state index contributed by atoms with van der Waals surface area (Å²) in [6.07, 6.45) is 1.63. The number of fused-ring (bicyclic) bond motifs is 1. The normalized spacial score (nSPS) is 14.0. The molecule has 3 nitrogen and oxygen atoms in total. The van der Waals surface area contributed by atoms with Crippen molar-refractivity contribution in [3.05, 3.63) is 23.3 Å². The lowest BCUT2D eigenvalue weighted by molar-refractivity contribution is 0.171. The third-order valence-electron chi connectivity index (χ3n) is 2.63. The molecule has 0 atom stereocenters. The molecule has 0 saturated carbocycles. The van der Waals surface area contributed by atoms with E-state index in [4.69, 9.17) is 14.6 Å². The van der Waals surface area contributed by atoms with Crippen LogP contribution in [0.5, 0.6) is 11.5 Å². The van der Waals surface area contributed by atoms with Crippen molar-refractivity contribution in [3.63, 3.8) is 0 Å². The predicted octanol–water partition coefficient (Wildman–Crippen LogP) is 1.55. The molecule has 3 heteroatoms. The highest BCUT2D eigenvalue weighted by molar-refractivity contribution is 5.48. The molecular formula is C12H16O3. The first-order valence-corrected chi connectivity index (χ1v) is 5.37. The van der Waals surface area contributed by atoms with Crippen molar-refractivity contribution >= 4 is 0 Å². The summed E-state index contributed by atoms with van der Waals surface area (Å²) in [6.45, 7) is 3.51. The Kier molecular flexibility index (Phi) is 3.11. The SMILES string of the molecule is CCc1cc2c(cc1CCO)OCCO2. The summed E-state index contributed by atoms with van der Waals surface area (Å²) in [5, 5.41) is 8.97. The number of hydrogen-bond acceptors (Lipinski definition) is 3. The fourth-order valence-electron chi connectivity index (χ4n) is 1.86. The molecule has 0 amide bonds. The van der Waals surface area contributed by atoms with E-state index in [9.17, 15) is 0 Å². The van der Waals surface area contributed by atoms with E-state index in [1.54, 1.807) is 0 Å². The van der Waals surface area contributed by atoms with Gasteiger partial charge in [-0.2, -0.15) is 0 Å². The molecule has 1 aromatic carbocycles. The monoisotopic (exact) mass is 208 g/mol. The minimum atomic E-state index is 0.173. The Morgan fingerprint density at radius 3 is 2.27 bits per heavy atom. The zero-order valence-corrected chi connectivity index (χ0v) is 8.95. The molecule has 0 aromatic heterocycles. The maximum atomic E-state index is 8.97. The molecule has 2 rings (SSSR count). The Labute approximate surface area is 89.6 Å². The summed E-state index contributed by atoms with van der Waals surface area (Å²) in [7, 11) is 0. The van der Waals surface area contributed by atoms with Gasteiger partial charge in [-0.25, -0.2) is 0 Å². The van der Waals surface area contributed by atoms with Crippen molar-refractivity contribution < 1.29 is 14.6 Å². The number of hydrogen-bond donors (Lipinski definition) is 1. The Bertz CT molecular complexity index is 347. The van der Waals surface area contributed by atoms with Gasteiger partial charge in [0.15, 0.2) is 11.5 Å². The second-order valence-electron chi connectivity index (χ2n) is 3.59. The van der Waals surface area contributed by atoms with E-state index in [0.29, 0.717) is 19.6 Å². The van der Waals surface area contributed by atoms with Gasteiger partial charge in [-0.1, -0.05) is 6.92 Å². The lowest BCUT2D eigenvalue weighted by Crippen LogP contribution is -2.16. The van der Waals surface area contributed by atoms with Crippen molar-refractivity contribution in [2.45, 2.75) is 19.8 Å². The zero-order chi connectivity index (χ0) is 10.7. The minimum absolute atomic E-state index is 0.173. The molecule has 1 aliphatic rings. The highest BCUT2D eigenvalue weighted by atomic mass is 16.6. The highest BCUT2D eigenvalue weighted by Crippen LogP contribution is 2.33. The Morgan fingerprint density at radius 1 is 1.13 bits per heavy atom. The molecule has 0 radical (unpaired) electrons. The first-order chi connectivity index (χ1) is 7.35. The fourth-order valence-corrected chi connectivity index (χ4v) is 1.86. The first-order valence-electron chi connectivity index (χ1n) is 5.37. The van der Waals surface area contributed by atoms with Crippen LogP contribution in [0.1, 0.15) is 18.1 Å². The third-order valence-corrected chi connectivity index (χ3v) is 2.63. The van der Waals surface area contributed by atoms with Crippen molar-refractivity contribution in [2.24, 2.45) is 0 Å². The van der Waals surface area contributed by atoms with Gasteiger partial charge in [0.2, 0.25) is 0 Å². The second kappa shape index (κ2) is 4.53. The number of aliphatic hydroxyl groups is 1. The van der Waals surface area contributed by atoms with E-state index in [1.807, 2.05) is 12.1 Å². The summed E-state index contributed by atoms with van der Waals surface area (Å²) >= 11 is 0. The van der Waals surface area contributed by atoms with Gasteiger partial charge in [0.1, 0.15) is 13.2 Å². The molecule has 0 aliphatic carbocycles. The Morgan fingerprint density at radius 2 is 1.73 bits per heavy atom. The molecular weight excluding hydrogens is 192 g/mol.